The molecule has 0 aliphatic carbocycles. The minimum Gasteiger partial charge on any atom is -0.453 e. The number of aromatic nitrogens is 2. The first-order valence-electron chi connectivity index (χ1n) is 10.5. The maximum absolute atomic E-state index is 12.8. The number of halogens is 3. The van der Waals surface area contributed by atoms with E-state index in [4.69, 9.17) is 0 Å². The molecule has 1 fully saturated rings. The first kappa shape index (κ1) is 24.6. The van der Waals surface area contributed by atoms with E-state index in [0.717, 1.165) is 12.5 Å². The third-order valence-electron chi connectivity index (χ3n) is 5.79. The van der Waals surface area contributed by atoms with Gasteiger partial charge in [-0.25, -0.2) is 9.78 Å². The van der Waals surface area contributed by atoms with Gasteiger partial charge < -0.3 is 24.1 Å². The number of aromatic amines is 1. The van der Waals surface area contributed by atoms with Gasteiger partial charge in [0.05, 0.1) is 24.2 Å². The highest BCUT2D eigenvalue weighted by molar-refractivity contribution is 7.88. The predicted octanol–water partition coefficient (Wildman–Crippen LogP) is 3.35. The van der Waals surface area contributed by atoms with Crippen LogP contribution in [0.15, 0.2) is 30.3 Å². The number of carbonyl (C=O) groups excluding carboxylic acids is 2. The summed E-state index contributed by atoms with van der Waals surface area (Å²) in [5.74, 6) is -0.268. The molecule has 2 aromatic carbocycles. The SMILES string of the molecule is COC(=O)NCC(=O)N1C(C)CCC1c1nc2c(ccc3cc(OS(=O)(=O)C(F)(F)F)ccc32)[nH]1. The van der Waals surface area contributed by atoms with Gasteiger partial charge in [-0.05, 0) is 49.4 Å². The lowest BCUT2D eigenvalue weighted by atomic mass is 10.1. The second kappa shape index (κ2) is 8.91. The summed E-state index contributed by atoms with van der Waals surface area (Å²) in [6, 6.07) is 6.49. The number of rotatable bonds is 5. The number of nitrogens with zero attached hydrogens (tertiary/aromatic N) is 2. The molecule has 2 unspecified atom stereocenters. The van der Waals surface area contributed by atoms with Crippen molar-refractivity contribution in [2.24, 2.45) is 0 Å². The Hall–Kier alpha value is -3.55. The van der Waals surface area contributed by atoms with Crippen LogP contribution in [0, 0.1) is 0 Å². The summed E-state index contributed by atoms with van der Waals surface area (Å²) in [5.41, 5.74) is -4.41. The van der Waals surface area contributed by atoms with Gasteiger partial charge in [0.1, 0.15) is 18.1 Å². The molecule has 1 aliphatic heterocycles. The van der Waals surface area contributed by atoms with Crippen LogP contribution in [-0.2, 0) is 19.6 Å². The van der Waals surface area contributed by atoms with Crippen LogP contribution in [0.1, 0.15) is 31.6 Å². The fourth-order valence-corrected chi connectivity index (χ4v) is 4.62. The van der Waals surface area contributed by atoms with Gasteiger partial charge in [0.25, 0.3) is 0 Å². The Kier molecular flexibility index (Phi) is 6.25. The maximum Gasteiger partial charge on any atom is 0.534 e. The third-order valence-corrected chi connectivity index (χ3v) is 6.77. The van der Waals surface area contributed by atoms with Crippen molar-refractivity contribution in [1.82, 2.24) is 20.2 Å². The van der Waals surface area contributed by atoms with Gasteiger partial charge in [-0.1, -0.05) is 6.07 Å². The smallest absolute Gasteiger partial charge is 0.453 e. The van der Waals surface area contributed by atoms with Crippen molar-refractivity contribution < 1.29 is 40.1 Å². The van der Waals surface area contributed by atoms with Gasteiger partial charge in [-0.3, -0.25) is 4.79 Å². The maximum atomic E-state index is 12.8. The lowest BCUT2D eigenvalue weighted by Gasteiger charge is -2.27. The van der Waals surface area contributed by atoms with Crippen molar-refractivity contribution in [2.75, 3.05) is 13.7 Å². The zero-order chi connectivity index (χ0) is 25.5. The van der Waals surface area contributed by atoms with E-state index in [9.17, 15) is 31.2 Å². The number of H-pyrrole nitrogens is 1. The van der Waals surface area contributed by atoms with Gasteiger partial charge in [0.15, 0.2) is 0 Å². The standard InChI is InChI=1S/C21H21F3N4O6S/c1-11-3-8-16(28(11)17(29)10-25-20(30)33-2)19-26-15-7-4-12-9-13(5-6-14(12)18(15)27-19)34-35(31,32)21(22,23)24/h4-7,9,11,16H,3,8,10H2,1-2H3,(H,25,30)(H,26,27). The van der Waals surface area contributed by atoms with E-state index in [1.54, 1.807) is 17.0 Å². The van der Waals surface area contributed by atoms with Crippen LogP contribution in [0.2, 0.25) is 0 Å². The summed E-state index contributed by atoms with van der Waals surface area (Å²) < 4.78 is 69.2. The Morgan fingerprint density at radius 3 is 2.66 bits per heavy atom. The number of amides is 2. The minimum absolute atomic E-state index is 0.0906. The highest BCUT2D eigenvalue weighted by Crippen LogP contribution is 2.37. The number of imidazole rings is 1. The molecule has 2 amide bonds. The van der Waals surface area contributed by atoms with E-state index in [0.29, 0.717) is 34.1 Å². The number of likely N-dealkylation sites (tertiary alicyclic amines) is 1. The number of alkyl halides is 3. The zero-order valence-corrected chi connectivity index (χ0v) is 19.4. The number of nitrogens with one attached hydrogen (secondary N) is 2. The molecule has 0 bridgehead atoms. The molecule has 2 atom stereocenters. The molecule has 2 heterocycles. The molecule has 2 N–H and O–H groups in total. The summed E-state index contributed by atoms with van der Waals surface area (Å²) in [4.78, 5) is 33.6. The first-order chi connectivity index (χ1) is 16.4. The number of benzene rings is 2. The molecular weight excluding hydrogens is 493 g/mol. The normalized spacial score (nSPS) is 18.7. The van der Waals surface area contributed by atoms with Crippen molar-refractivity contribution in [3.8, 4) is 5.75 Å². The molecule has 0 radical (unpaired) electrons. The molecule has 1 saturated heterocycles. The second-order valence-corrected chi connectivity index (χ2v) is 9.58. The number of methoxy groups -OCH3 is 1. The van der Waals surface area contributed by atoms with E-state index in [-0.39, 0.29) is 24.5 Å². The van der Waals surface area contributed by atoms with Crippen molar-refractivity contribution in [1.29, 1.82) is 0 Å². The summed E-state index contributed by atoms with van der Waals surface area (Å²) in [5, 5.41) is 3.35. The Morgan fingerprint density at radius 2 is 1.97 bits per heavy atom. The van der Waals surface area contributed by atoms with E-state index in [1.165, 1.54) is 19.2 Å². The molecule has 0 spiro atoms. The Morgan fingerprint density at radius 1 is 1.23 bits per heavy atom. The highest BCUT2D eigenvalue weighted by atomic mass is 32.2. The number of ether oxygens (including phenoxy) is 1. The molecule has 3 aromatic rings. The van der Waals surface area contributed by atoms with Crippen LogP contribution in [0.25, 0.3) is 21.8 Å². The first-order valence-corrected chi connectivity index (χ1v) is 11.9. The molecule has 0 saturated carbocycles. The second-order valence-electron chi connectivity index (χ2n) is 8.04. The number of hydrogen-bond donors (Lipinski definition) is 2. The van der Waals surface area contributed by atoms with Crippen molar-refractivity contribution in [2.45, 2.75) is 37.4 Å². The van der Waals surface area contributed by atoms with Crippen LogP contribution in [0.4, 0.5) is 18.0 Å². The number of carbonyl (C=O) groups is 2. The summed E-state index contributed by atoms with van der Waals surface area (Å²) >= 11 is 0. The van der Waals surface area contributed by atoms with Crippen molar-refractivity contribution in [3.63, 3.8) is 0 Å². The molecule has 10 nitrogen and oxygen atoms in total. The Balaban J connectivity index is 1.64. The van der Waals surface area contributed by atoms with Gasteiger partial charge in [-0.15, -0.1) is 0 Å². The fraction of sp³-hybridized carbons (Fsp3) is 0.381. The highest BCUT2D eigenvalue weighted by Gasteiger charge is 2.48. The summed E-state index contributed by atoms with van der Waals surface area (Å²) in [6.45, 7) is 1.66. The van der Waals surface area contributed by atoms with E-state index < -0.39 is 27.5 Å². The molecule has 14 heteroatoms. The van der Waals surface area contributed by atoms with E-state index in [1.807, 2.05) is 6.92 Å². The van der Waals surface area contributed by atoms with Crippen molar-refractivity contribution >= 4 is 43.9 Å². The van der Waals surface area contributed by atoms with Gasteiger partial charge in [0, 0.05) is 11.4 Å². The topological polar surface area (TPSA) is 131 Å². The zero-order valence-electron chi connectivity index (χ0n) is 18.5. The Bertz CT molecular complexity index is 1410. The van der Waals surface area contributed by atoms with Crippen LogP contribution >= 0.6 is 0 Å². The molecule has 1 aromatic heterocycles. The van der Waals surface area contributed by atoms with Crippen LogP contribution in [0.3, 0.4) is 0 Å². The molecule has 35 heavy (non-hydrogen) atoms. The fourth-order valence-electron chi connectivity index (χ4n) is 4.17. The number of fused-ring (bicyclic) bond motifs is 3. The minimum atomic E-state index is -5.79. The predicted molar refractivity (Wildman–Crippen MR) is 118 cm³/mol. The monoisotopic (exact) mass is 514 g/mol. The van der Waals surface area contributed by atoms with Crippen LogP contribution in [0.5, 0.6) is 5.75 Å². The summed E-state index contributed by atoms with van der Waals surface area (Å²) in [6.07, 6.45) is 0.639. The summed E-state index contributed by atoms with van der Waals surface area (Å²) in [7, 11) is -4.60. The van der Waals surface area contributed by atoms with Gasteiger partial charge in [-0.2, -0.15) is 21.6 Å². The molecular formula is C21H21F3N4O6S. The molecule has 4 rings (SSSR count). The van der Waals surface area contributed by atoms with Crippen molar-refractivity contribution in [3.05, 3.63) is 36.2 Å². The molecule has 188 valence electrons. The van der Waals surface area contributed by atoms with Crippen LogP contribution < -0.4 is 9.50 Å². The number of hydrogen-bond acceptors (Lipinski definition) is 7. The van der Waals surface area contributed by atoms with Crippen LogP contribution in [-0.4, -0.2) is 60.5 Å². The number of alkyl carbamates (subject to hydrolysis) is 1. The van der Waals surface area contributed by atoms with E-state index in [2.05, 4.69) is 24.2 Å². The van der Waals surface area contributed by atoms with E-state index >= 15 is 0 Å². The Labute approximate surface area is 197 Å². The molecule has 1 aliphatic rings. The quantitative estimate of drug-likeness (QED) is 0.394. The lowest BCUT2D eigenvalue weighted by Crippen LogP contribution is -2.43. The average molecular weight is 514 g/mol. The van der Waals surface area contributed by atoms with Gasteiger partial charge in [0.2, 0.25) is 5.91 Å². The average Bonchev–Trinajstić information content (AvgIpc) is 3.39. The van der Waals surface area contributed by atoms with Gasteiger partial charge >= 0.3 is 21.7 Å². The third kappa shape index (κ3) is 4.70. The lowest BCUT2D eigenvalue weighted by molar-refractivity contribution is -0.133. The largest absolute Gasteiger partial charge is 0.534 e.